The molecular weight excluding hydrogens is 270 g/mol. The maximum Gasteiger partial charge on any atom is 0.303 e. The number of hydrogen-bond donors (Lipinski definition) is 1. The fraction of sp³-hybridized carbons (Fsp3) is 0.167. The minimum atomic E-state index is -0.785. The van der Waals surface area contributed by atoms with Gasteiger partial charge in [0, 0.05) is 22.5 Å². The summed E-state index contributed by atoms with van der Waals surface area (Å²) in [5.74, 6) is -0.785. The summed E-state index contributed by atoms with van der Waals surface area (Å²) in [7, 11) is 0. The second kappa shape index (κ2) is 4.61. The Morgan fingerprint density at radius 3 is 2.94 bits per heavy atom. The normalized spacial score (nSPS) is 10.6. The van der Waals surface area contributed by atoms with Gasteiger partial charge in [-0.25, -0.2) is 0 Å². The highest BCUT2D eigenvalue weighted by atomic mass is 79.9. The van der Waals surface area contributed by atoms with Crippen molar-refractivity contribution in [1.82, 2.24) is 4.98 Å². The minimum Gasteiger partial charge on any atom is -0.481 e. The van der Waals surface area contributed by atoms with Gasteiger partial charge in [0.25, 0.3) is 0 Å². The van der Waals surface area contributed by atoms with Crippen LogP contribution in [0, 0.1) is 0 Å². The first-order chi connectivity index (χ1) is 7.68. The van der Waals surface area contributed by atoms with Gasteiger partial charge >= 0.3 is 5.97 Å². The van der Waals surface area contributed by atoms with E-state index in [0.29, 0.717) is 6.42 Å². The summed E-state index contributed by atoms with van der Waals surface area (Å²) in [6, 6.07) is 7.69. The smallest absolute Gasteiger partial charge is 0.303 e. The number of carbonyl (C=O) groups is 1. The standard InChI is InChI=1S/C12H10BrNO2/c13-10-5-3-8(4-6-11(15)16)12-9(10)2-1-7-14-12/h1-3,5,7H,4,6H2,(H,15,16). The molecule has 0 saturated carbocycles. The van der Waals surface area contributed by atoms with E-state index in [1.807, 2.05) is 24.3 Å². The van der Waals surface area contributed by atoms with Crippen molar-refractivity contribution in [2.24, 2.45) is 0 Å². The van der Waals surface area contributed by atoms with Crippen molar-refractivity contribution < 1.29 is 9.90 Å². The summed E-state index contributed by atoms with van der Waals surface area (Å²) in [4.78, 5) is 14.8. The van der Waals surface area contributed by atoms with Crippen LogP contribution in [0.4, 0.5) is 0 Å². The number of aliphatic carboxylic acids is 1. The summed E-state index contributed by atoms with van der Waals surface area (Å²) < 4.78 is 0.981. The van der Waals surface area contributed by atoms with E-state index >= 15 is 0 Å². The molecule has 0 radical (unpaired) electrons. The molecular formula is C12H10BrNO2. The van der Waals surface area contributed by atoms with Crippen LogP contribution < -0.4 is 0 Å². The molecule has 0 aliphatic carbocycles. The van der Waals surface area contributed by atoms with E-state index in [-0.39, 0.29) is 6.42 Å². The summed E-state index contributed by atoms with van der Waals surface area (Å²) >= 11 is 3.45. The number of halogens is 1. The molecule has 1 aromatic carbocycles. The molecule has 1 aromatic heterocycles. The molecule has 4 heteroatoms. The highest BCUT2D eigenvalue weighted by Gasteiger charge is 2.06. The van der Waals surface area contributed by atoms with E-state index in [4.69, 9.17) is 5.11 Å². The third-order valence-electron chi connectivity index (χ3n) is 2.41. The molecule has 2 aromatic rings. The molecule has 0 unspecified atom stereocenters. The molecule has 1 N–H and O–H groups in total. The van der Waals surface area contributed by atoms with Crippen molar-refractivity contribution in [1.29, 1.82) is 0 Å². The van der Waals surface area contributed by atoms with E-state index in [1.54, 1.807) is 6.20 Å². The number of carboxylic acids is 1. The number of aromatic nitrogens is 1. The molecule has 0 bridgehead atoms. The molecule has 16 heavy (non-hydrogen) atoms. The van der Waals surface area contributed by atoms with Crippen LogP contribution in [-0.2, 0) is 11.2 Å². The van der Waals surface area contributed by atoms with Crippen LogP contribution in [0.15, 0.2) is 34.9 Å². The molecule has 82 valence electrons. The molecule has 0 aliphatic rings. The maximum atomic E-state index is 10.5. The Labute approximate surface area is 101 Å². The van der Waals surface area contributed by atoms with Crippen LogP contribution in [0.25, 0.3) is 10.9 Å². The Bertz CT molecular complexity index is 540. The van der Waals surface area contributed by atoms with Crippen LogP contribution in [0.2, 0.25) is 0 Å². The average Bonchev–Trinajstić information content (AvgIpc) is 2.28. The number of pyridine rings is 1. The molecule has 0 fully saturated rings. The van der Waals surface area contributed by atoms with Crippen molar-refractivity contribution in [2.45, 2.75) is 12.8 Å². The van der Waals surface area contributed by atoms with Crippen molar-refractivity contribution >= 4 is 32.8 Å². The SMILES string of the molecule is O=C(O)CCc1ccc(Br)c2cccnc12. The zero-order chi connectivity index (χ0) is 11.5. The van der Waals surface area contributed by atoms with Gasteiger partial charge in [0.15, 0.2) is 0 Å². The van der Waals surface area contributed by atoms with E-state index in [2.05, 4.69) is 20.9 Å². The molecule has 0 saturated heterocycles. The number of rotatable bonds is 3. The third-order valence-corrected chi connectivity index (χ3v) is 3.10. The van der Waals surface area contributed by atoms with Crippen LogP contribution in [0.1, 0.15) is 12.0 Å². The zero-order valence-electron chi connectivity index (χ0n) is 8.48. The molecule has 0 amide bonds. The first-order valence-electron chi connectivity index (χ1n) is 4.92. The fourth-order valence-electron chi connectivity index (χ4n) is 1.64. The second-order valence-corrected chi connectivity index (χ2v) is 4.35. The Balaban J connectivity index is 2.46. The molecule has 3 nitrogen and oxygen atoms in total. The van der Waals surface area contributed by atoms with Gasteiger partial charge in [-0.2, -0.15) is 0 Å². The molecule has 0 aliphatic heterocycles. The average molecular weight is 280 g/mol. The van der Waals surface area contributed by atoms with Gasteiger partial charge in [0.05, 0.1) is 5.52 Å². The molecule has 0 atom stereocenters. The van der Waals surface area contributed by atoms with Crippen molar-refractivity contribution in [3.63, 3.8) is 0 Å². The first-order valence-corrected chi connectivity index (χ1v) is 5.71. The van der Waals surface area contributed by atoms with E-state index in [0.717, 1.165) is 20.9 Å². The lowest BCUT2D eigenvalue weighted by molar-refractivity contribution is -0.136. The molecule has 1 heterocycles. The van der Waals surface area contributed by atoms with E-state index in [9.17, 15) is 4.79 Å². The van der Waals surface area contributed by atoms with Crippen LogP contribution >= 0.6 is 15.9 Å². The predicted octanol–water partition coefficient (Wildman–Crippen LogP) is 3.01. The van der Waals surface area contributed by atoms with Gasteiger partial charge < -0.3 is 5.11 Å². The number of aryl methyl sites for hydroxylation is 1. The van der Waals surface area contributed by atoms with Gasteiger partial charge in [-0.05, 0) is 24.1 Å². The number of hydrogen-bond acceptors (Lipinski definition) is 2. The summed E-state index contributed by atoms with van der Waals surface area (Å²) in [6.45, 7) is 0. The van der Waals surface area contributed by atoms with Crippen LogP contribution in [0.3, 0.4) is 0 Å². The number of nitrogens with zero attached hydrogens (tertiary/aromatic N) is 1. The van der Waals surface area contributed by atoms with E-state index < -0.39 is 5.97 Å². The quantitative estimate of drug-likeness (QED) is 0.940. The summed E-state index contributed by atoms with van der Waals surface area (Å²) in [5.41, 5.74) is 1.85. The Morgan fingerprint density at radius 2 is 2.19 bits per heavy atom. The molecule has 0 spiro atoms. The number of carboxylic acid groups (broad SMARTS) is 1. The van der Waals surface area contributed by atoms with Crippen molar-refractivity contribution in [2.75, 3.05) is 0 Å². The lowest BCUT2D eigenvalue weighted by atomic mass is 10.1. The lowest BCUT2D eigenvalue weighted by Gasteiger charge is -2.05. The van der Waals surface area contributed by atoms with Crippen molar-refractivity contribution in [3.05, 3.63) is 40.5 Å². The third kappa shape index (κ3) is 2.22. The van der Waals surface area contributed by atoms with Crippen molar-refractivity contribution in [3.8, 4) is 0 Å². The number of benzene rings is 1. The van der Waals surface area contributed by atoms with Gasteiger partial charge in [-0.1, -0.05) is 28.1 Å². The van der Waals surface area contributed by atoms with Crippen LogP contribution in [-0.4, -0.2) is 16.1 Å². The van der Waals surface area contributed by atoms with Gasteiger partial charge in [-0.3, -0.25) is 9.78 Å². The van der Waals surface area contributed by atoms with Crippen LogP contribution in [0.5, 0.6) is 0 Å². The highest BCUT2D eigenvalue weighted by molar-refractivity contribution is 9.10. The second-order valence-electron chi connectivity index (χ2n) is 3.50. The Kier molecular flexibility index (Phi) is 3.19. The zero-order valence-corrected chi connectivity index (χ0v) is 10.1. The Morgan fingerprint density at radius 1 is 1.38 bits per heavy atom. The van der Waals surface area contributed by atoms with E-state index in [1.165, 1.54) is 0 Å². The monoisotopic (exact) mass is 279 g/mol. The number of fused-ring (bicyclic) bond motifs is 1. The molecule has 2 rings (SSSR count). The van der Waals surface area contributed by atoms with Gasteiger partial charge in [0.2, 0.25) is 0 Å². The lowest BCUT2D eigenvalue weighted by Crippen LogP contribution is -1.98. The minimum absolute atomic E-state index is 0.132. The van der Waals surface area contributed by atoms with Gasteiger partial charge in [0.1, 0.15) is 0 Å². The van der Waals surface area contributed by atoms with Gasteiger partial charge in [-0.15, -0.1) is 0 Å². The predicted molar refractivity (Wildman–Crippen MR) is 65.4 cm³/mol. The highest BCUT2D eigenvalue weighted by Crippen LogP contribution is 2.25. The first kappa shape index (κ1) is 11.1. The largest absolute Gasteiger partial charge is 0.481 e. The maximum absolute atomic E-state index is 10.5. The Hall–Kier alpha value is -1.42. The summed E-state index contributed by atoms with van der Waals surface area (Å²) in [6.07, 6.45) is 2.36. The fourth-order valence-corrected chi connectivity index (χ4v) is 2.09. The topological polar surface area (TPSA) is 50.2 Å². The summed E-state index contributed by atoms with van der Waals surface area (Å²) in [5, 5.41) is 9.69.